The van der Waals surface area contributed by atoms with Crippen molar-refractivity contribution in [2.24, 2.45) is 7.05 Å². The van der Waals surface area contributed by atoms with Crippen molar-refractivity contribution < 1.29 is 4.79 Å². The average molecular weight is 288 g/mol. The average Bonchev–Trinajstić information content (AvgIpc) is 2.82. The van der Waals surface area contributed by atoms with Gasteiger partial charge in [-0.05, 0) is 13.3 Å². The molecule has 0 aliphatic carbocycles. The fraction of sp³-hybridized carbons (Fsp3) is 0.571. The summed E-state index contributed by atoms with van der Waals surface area (Å²) in [5.74, 6) is 1.60. The van der Waals surface area contributed by atoms with Gasteiger partial charge >= 0.3 is 0 Å². The second-order valence-corrected chi connectivity index (χ2v) is 5.39. The maximum Gasteiger partial charge on any atom is 0.242 e. The van der Waals surface area contributed by atoms with Gasteiger partial charge in [0.25, 0.3) is 0 Å². The molecule has 0 radical (unpaired) electrons. The molecule has 3 heterocycles. The van der Waals surface area contributed by atoms with Gasteiger partial charge in [-0.2, -0.15) is 5.10 Å². The Morgan fingerprint density at radius 3 is 3.00 bits per heavy atom. The minimum Gasteiger partial charge on any atom is -0.353 e. The number of fused-ring (bicyclic) bond motifs is 1. The van der Waals surface area contributed by atoms with Crippen LogP contribution in [0.4, 0.5) is 5.82 Å². The Morgan fingerprint density at radius 2 is 2.24 bits per heavy atom. The highest BCUT2D eigenvalue weighted by atomic mass is 16.2. The number of aryl methyl sites for hydroxylation is 2. The molecule has 0 bridgehead atoms. The number of carbonyl (C=O) groups excluding carboxylic acids is 1. The van der Waals surface area contributed by atoms with Crippen molar-refractivity contribution in [2.75, 3.05) is 18.0 Å². The van der Waals surface area contributed by atoms with Crippen LogP contribution in [0.3, 0.4) is 0 Å². The predicted molar refractivity (Wildman–Crippen MR) is 80.1 cm³/mol. The molecule has 7 nitrogen and oxygen atoms in total. The van der Waals surface area contributed by atoms with Gasteiger partial charge in [0.05, 0.1) is 11.6 Å². The second kappa shape index (κ2) is 5.31. The summed E-state index contributed by atoms with van der Waals surface area (Å²) in [6.07, 6.45) is 3.55. The molecule has 3 rings (SSSR count). The van der Waals surface area contributed by atoms with Crippen molar-refractivity contribution in [2.45, 2.75) is 32.7 Å². The second-order valence-electron chi connectivity index (χ2n) is 5.39. The zero-order valence-corrected chi connectivity index (χ0v) is 12.6. The fourth-order valence-corrected chi connectivity index (χ4v) is 2.86. The highest BCUT2D eigenvalue weighted by Crippen LogP contribution is 2.27. The van der Waals surface area contributed by atoms with Gasteiger partial charge in [-0.1, -0.05) is 13.3 Å². The number of aromatic nitrogens is 4. The van der Waals surface area contributed by atoms with E-state index in [2.05, 4.69) is 32.2 Å². The number of rotatable bonds is 3. The minimum atomic E-state index is -0.165. The molecule has 7 heteroatoms. The van der Waals surface area contributed by atoms with Crippen LogP contribution >= 0.6 is 0 Å². The number of anilines is 1. The lowest BCUT2D eigenvalue weighted by atomic mass is 10.1. The van der Waals surface area contributed by atoms with E-state index < -0.39 is 0 Å². The van der Waals surface area contributed by atoms with E-state index in [1.54, 1.807) is 10.9 Å². The predicted octanol–water partition coefficient (Wildman–Crippen LogP) is 0.777. The Bertz CT molecular complexity index is 679. The summed E-state index contributed by atoms with van der Waals surface area (Å²) in [6, 6.07) is -0.165. The maximum atomic E-state index is 12.2. The van der Waals surface area contributed by atoms with Crippen LogP contribution in [-0.2, 0) is 11.8 Å². The molecule has 21 heavy (non-hydrogen) atoms. The summed E-state index contributed by atoms with van der Waals surface area (Å²) >= 11 is 0. The molecule has 2 aromatic heterocycles. The first-order valence-corrected chi connectivity index (χ1v) is 7.32. The molecular formula is C14H20N6O. The summed E-state index contributed by atoms with van der Waals surface area (Å²) < 4.78 is 1.74. The van der Waals surface area contributed by atoms with E-state index in [-0.39, 0.29) is 11.9 Å². The zero-order chi connectivity index (χ0) is 15.0. The zero-order valence-electron chi connectivity index (χ0n) is 12.6. The van der Waals surface area contributed by atoms with E-state index in [1.165, 1.54) is 0 Å². The smallest absolute Gasteiger partial charge is 0.242 e. The number of nitrogens with one attached hydrogen (secondary N) is 1. The molecule has 0 saturated carbocycles. The highest BCUT2D eigenvalue weighted by Gasteiger charge is 2.31. The van der Waals surface area contributed by atoms with Crippen LogP contribution in [0.1, 0.15) is 25.6 Å². The summed E-state index contributed by atoms with van der Waals surface area (Å²) in [7, 11) is 1.87. The van der Waals surface area contributed by atoms with Crippen LogP contribution in [0.5, 0.6) is 0 Å². The third kappa shape index (κ3) is 2.32. The largest absolute Gasteiger partial charge is 0.353 e. The quantitative estimate of drug-likeness (QED) is 0.903. The lowest BCUT2D eigenvalue weighted by Crippen LogP contribution is -2.55. The van der Waals surface area contributed by atoms with Crippen LogP contribution in [0, 0.1) is 6.92 Å². The molecule has 0 aromatic carbocycles. The standard InChI is InChI=1S/C14H20N6O/c1-4-5-11-14(21)15-6-7-20(11)13-10-8-16-19(3)12(10)17-9(2)18-13/h8,11H,4-7H2,1-3H3,(H,15,21). The van der Waals surface area contributed by atoms with Crippen LogP contribution in [0.2, 0.25) is 0 Å². The Kier molecular flexibility index (Phi) is 3.48. The van der Waals surface area contributed by atoms with Crippen LogP contribution in [-0.4, -0.2) is 44.8 Å². The van der Waals surface area contributed by atoms with Gasteiger partial charge in [-0.25, -0.2) is 9.97 Å². The highest BCUT2D eigenvalue weighted by molar-refractivity contribution is 5.92. The summed E-state index contributed by atoms with van der Waals surface area (Å²) in [4.78, 5) is 23.3. The van der Waals surface area contributed by atoms with E-state index in [4.69, 9.17) is 0 Å². The van der Waals surface area contributed by atoms with Gasteiger partial charge in [0.1, 0.15) is 17.7 Å². The first-order chi connectivity index (χ1) is 10.1. The number of carbonyl (C=O) groups is 1. The van der Waals surface area contributed by atoms with E-state index in [1.807, 2.05) is 14.0 Å². The summed E-state index contributed by atoms with van der Waals surface area (Å²) in [6.45, 7) is 5.36. The van der Waals surface area contributed by atoms with Crippen LogP contribution in [0.25, 0.3) is 11.0 Å². The number of nitrogens with zero attached hydrogens (tertiary/aromatic N) is 5. The molecular weight excluding hydrogens is 268 g/mol. The van der Waals surface area contributed by atoms with Gasteiger partial charge in [0, 0.05) is 20.1 Å². The first kappa shape index (κ1) is 13.8. The lowest BCUT2D eigenvalue weighted by Gasteiger charge is -2.36. The SMILES string of the molecule is CCCC1C(=O)NCCN1c1nc(C)nc2c1cnn2C. The van der Waals surface area contributed by atoms with E-state index in [9.17, 15) is 4.79 Å². The van der Waals surface area contributed by atoms with E-state index >= 15 is 0 Å². The van der Waals surface area contributed by atoms with Gasteiger partial charge in [0.15, 0.2) is 5.65 Å². The molecule has 1 aliphatic heterocycles. The van der Waals surface area contributed by atoms with Crippen molar-refractivity contribution >= 4 is 22.8 Å². The third-order valence-corrected chi connectivity index (χ3v) is 3.85. The molecule has 1 atom stereocenters. The topological polar surface area (TPSA) is 75.9 Å². The van der Waals surface area contributed by atoms with Crippen molar-refractivity contribution in [3.63, 3.8) is 0 Å². The fourth-order valence-electron chi connectivity index (χ4n) is 2.86. The first-order valence-electron chi connectivity index (χ1n) is 7.32. The summed E-state index contributed by atoms with van der Waals surface area (Å²) in [5.41, 5.74) is 0.804. The van der Waals surface area contributed by atoms with Gasteiger partial charge < -0.3 is 10.2 Å². The molecule has 1 N–H and O–H groups in total. The third-order valence-electron chi connectivity index (χ3n) is 3.85. The Hall–Kier alpha value is -2.18. The van der Waals surface area contributed by atoms with Gasteiger partial charge in [-0.15, -0.1) is 0 Å². The van der Waals surface area contributed by atoms with Crippen molar-refractivity contribution in [1.82, 2.24) is 25.1 Å². The van der Waals surface area contributed by atoms with Crippen LogP contribution in [0.15, 0.2) is 6.20 Å². The summed E-state index contributed by atoms with van der Waals surface area (Å²) in [5, 5.41) is 8.11. The Labute approximate surface area is 123 Å². The molecule has 2 aromatic rings. The Morgan fingerprint density at radius 1 is 1.43 bits per heavy atom. The molecule has 1 fully saturated rings. The lowest BCUT2D eigenvalue weighted by molar-refractivity contribution is -0.123. The van der Waals surface area contributed by atoms with E-state index in [0.29, 0.717) is 12.4 Å². The Balaban J connectivity index is 2.11. The minimum absolute atomic E-state index is 0.0800. The molecule has 1 amide bonds. The molecule has 1 saturated heterocycles. The number of piperazine rings is 1. The number of amides is 1. The normalized spacial score (nSPS) is 19.1. The molecule has 1 unspecified atom stereocenters. The maximum absolute atomic E-state index is 12.2. The van der Waals surface area contributed by atoms with Crippen molar-refractivity contribution in [3.8, 4) is 0 Å². The number of hydrogen-bond acceptors (Lipinski definition) is 5. The van der Waals surface area contributed by atoms with Gasteiger partial charge in [0.2, 0.25) is 5.91 Å². The van der Waals surface area contributed by atoms with Crippen molar-refractivity contribution in [3.05, 3.63) is 12.0 Å². The monoisotopic (exact) mass is 288 g/mol. The van der Waals surface area contributed by atoms with Crippen LogP contribution < -0.4 is 10.2 Å². The molecule has 0 spiro atoms. The molecule has 1 aliphatic rings. The molecule has 112 valence electrons. The van der Waals surface area contributed by atoms with Crippen molar-refractivity contribution in [1.29, 1.82) is 0 Å². The van der Waals surface area contributed by atoms with E-state index in [0.717, 1.165) is 36.2 Å². The number of hydrogen-bond donors (Lipinski definition) is 1. The van der Waals surface area contributed by atoms with Gasteiger partial charge in [-0.3, -0.25) is 9.48 Å².